The lowest BCUT2D eigenvalue weighted by atomic mass is 10.1. The number of nitrogens with one attached hydrogen (secondary N) is 2. The first-order valence-corrected chi connectivity index (χ1v) is 11.2. The van der Waals surface area contributed by atoms with Gasteiger partial charge in [-0.25, -0.2) is 10.2 Å². The summed E-state index contributed by atoms with van der Waals surface area (Å²) in [5, 5.41) is 6.46. The molecule has 0 atom stereocenters. The van der Waals surface area contributed by atoms with Crippen molar-refractivity contribution in [3.63, 3.8) is 0 Å². The topological polar surface area (TPSA) is 115 Å². The van der Waals surface area contributed by atoms with Crippen LogP contribution in [0.4, 0.5) is 0 Å². The maximum Gasteiger partial charge on any atom is 0.343 e. The van der Waals surface area contributed by atoms with Gasteiger partial charge in [-0.15, -0.1) is 0 Å². The molecule has 9 heteroatoms. The van der Waals surface area contributed by atoms with E-state index in [1.54, 1.807) is 74.7 Å². The molecule has 36 heavy (non-hydrogen) atoms. The van der Waals surface area contributed by atoms with Crippen molar-refractivity contribution in [2.45, 2.75) is 13.8 Å². The lowest BCUT2D eigenvalue weighted by Crippen LogP contribution is -2.34. The maximum absolute atomic E-state index is 12.5. The molecule has 0 aliphatic rings. The minimum absolute atomic E-state index is 0.228. The molecule has 2 N–H and O–H groups in total. The Hall–Kier alpha value is -4.66. The number of esters is 1. The van der Waals surface area contributed by atoms with Crippen LogP contribution < -0.4 is 25.0 Å². The first-order valence-electron chi connectivity index (χ1n) is 11.2. The summed E-state index contributed by atoms with van der Waals surface area (Å²) in [5.74, 6) is -0.148. The van der Waals surface area contributed by atoms with Crippen molar-refractivity contribution in [2.75, 3.05) is 20.3 Å². The van der Waals surface area contributed by atoms with Crippen LogP contribution in [0, 0.1) is 6.92 Å². The smallest absolute Gasteiger partial charge is 0.343 e. The minimum atomic E-state index is -0.542. The quantitative estimate of drug-likeness (QED) is 0.195. The highest BCUT2D eigenvalue weighted by atomic mass is 16.6. The van der Waals surface area contributed by atoms with Crippen molar-refractivity contribution in [3.05, 3.63) is 89.0 Å². The summed E-state index contributed by atoms with van der Waals surface area (Å²) in [7, 11) is 1.54. The lowest BCUT2D eigenvalue weighted by molar-refractivity contribution is -0.120. The third-order valence-electron chi connectivity index (χ3n) is 4.89. The van der Waals surface area contributed by atoms with E-state index < -0.39 is 11.9 Å². The van der Waals surface area contributed by atoms with Gasteiger partial charge in [0.05, 0.1) is 32.0 Å². The molecule has 2 amide bonds. The van der Waals surface area contributed by atoms with Crippen molar-refractivity contribution in [1.82, 2.24) is 10.7 Å². The van der Waals surface area contributed by atoms with Gasteiger partial charge in [0.15, 0.2) is 11.5 Å². The number of rotatable bonds is 10. The summed E-state index contributed by atoms with van der Waals surface area (Å²) in [5.41, 5.74) is 4.75. The van der Waals surface area contributed by atoms with Gasteiger partial charge in [-0.05, 0) is 74.0 Å². The van der Waals surface area contributed by atoms with Gasteiger partial charge in [-0.1, -0.05) is 17.7 Å². The highest BCUT2D eigenvalue weighted by Crippen LogP contribution is 2.29. The van der Waals surface area contributed by atoms with Crippen LogP contribution in [0.25, 0.3) is 0 Å². The van der Waals surface area contributed by atoms with Crippen LogP contribution in [-0.2, 0) is 4.79 Å². The van der Waals surface area contributed by atoms with Crippen LogP contribution in [-0.4, -0.2) is 44.3 Å². The normalized spacial score (nSPS) is 10.5. The molecule has 186 valence electrons. The van der Waals surface area contributed by atoms with E-state index >= 15 is 0 Å². The fourth-order valence-corrected chi connectivity index (χ4v) is 3.11. The molecule has 0 aliphatic heterocycles. The third-order valence-corrected chi connectivity index (χ3v) is 4.89. The fourth-order valence-electron chi connectivity index (χ4n) is 3.11. The van der Waals surface area contributed by atoms with Crippen molar-refractivity contribution in [3.8, 4) is 17.2 Å². The SMILES string of the molecule is CCOc1cc(/C=N\NC(=O)CNC(=O)c2cccc(C)c2)ccc1OC(=O)c1ccc(OC)cc1. The minimum Gasteiger partial charge on any atom is -0.497 e. The zero-order chi connectivity index (χ0) is 25.9. The van der Waals surface area contributed by atoms with E-state index in [1.165, 1.54) is 6.21 Å². The molecule has 0 aliphatic carbocycles. The Morgan fingerprint density at radius 3 is 2.42 bits per heavy atom. The Bertz CT molecular complexity index is 1250. The summed E-state index contributed by atoms with van der Waals surface area (Å²) < 4.78 is 16.2. The molecule has 0 fully saturated rings. The number of nitrogens with zero attached hydrogens (tertiary/aromatic N) is 1. The number of aryl methyl sites for hydroxylation is 1. The number of carbonyl (C=O) groups is 3. The Balaban J connectivity index is 1.57. The summed E-state index contributed by atoms with van der Waals surface area (Å²) in [6.07, 6.45) is 1.41. The summed E-state index contributed by atoms with van der Waals surface area (Å²) in [4.78, 5) is 36.7. The van der Waals surface area contributed by atoms with Crippen LogP contribution in [0.5, 0.6) is 17.2 Å². The van der Waals surface area contributed by atoms with E-state index in [9.17, 15) is 14.4 Å². The van der Waals surface area contributed by atoms with Crippen LogP contribution in [0.2, 0.25) is 0 Å². The van der Waals surface area contributed by atoms with Gasteiger partial charge in [0.25, 0.3) is 11.8 Å². The maximum atomic E-state index is 12.5. The van der Waals surface area contributed by atoms with Crippen LogP contribution in [0.1, 0.15) is 38.8 Å². The molecule has 3 aromatic rings. The summed E-state index contributed by atoms with van der Waals surface area (Å²) in [6, 6.07) is 18.5. The monoisotopic (exact) mass is 489 g/mol. The van der Waals surface area contributed by atoms with Crippen LogP contribution in [0.3, 0.4) is 0 Å². The highest BCUT2D eigenvalue weighted by molar-refractivity contribution is 5.96. The zero-order valence-electron chi connectivity index (χ0n) is 20.2. The van der Waals surface area contributed by atoms with E-state index in [0.29, 0.717) is 34.8 Å². The number of hydrogen-bond donors (Lipinski definition) is 2. The number of hydrazone groups is 1. The van der Waals surface area contributed by atoms with Crippen LogP contribution in [0.15, 0.2) is 71.8 Å². The average Bonchev–Trinajstić information content (AvgIpc) is 2.88. The van der Waals surface area contributed by atoms with Gasteiger partial charge in [0, 0.05) is 5.56 Å². The zero-order valence-corrected chi connectivity index (χ0v) is 20.2. The molecule has 0 radical (unpaired) electrons. The first-order chi connectivity index (χ1) is 17.4. The highest BCUT2D eigenvalue weighted by Gasteiger charge is 2.14. The molecular formula is C27H27N3O6. The van der Waals surface area contributed by atoms with Crippen molar-refractivity contribution < 1.29 is 28.6 Å². The van der Waals surface area contributed by atoms with Gasteiger partial charge >= 0.3 is 5.97 Å². The van der Waals surface area contributed by atoms with E-state index in [1.807, 2.05) is 13.0 Å². The van der Waals surface area contributed by atoms with E-state index in [4.69, 9.17) is 14.2 Å². The predicted octanol–water partition coefficient (Wildman–Crippen LogP) is 3.50. The van der Waals surface area contributed by atoms with Gasteiger partial charge in [-0.2, -0.15) is 5.10 Å². The number of methoxy groups -OCH3 is 1. The average molecular weight is 490 g/mol. The summed E-state index contributed by atoms with van der Waals surface area (Å²) >= 11 is 0. The molecule has 3 rings (SSSR count). The van der Waals surface area contributed by atoms with E-state index in [2.05, 4.69) is 15.8 Å². The molecule has 9 nitrogen and oxygen atoms in total. The molecule has 0 heterocycles. The van der Waals surface area contributed by atoms with Crippen molar-refractivity contribution >= 4 is 24.0 Å². The Kier molecular flexibility index (Phi) is 9.16. The number of benzene rings is 3. The number of hydrogen-bond acceptors (Lipinski definition) is 7. The second-order valence-corrected chi connectivity index (χ2v) is 7.60. The molecule has 0 bridgehead atoms. The molecule has 3 aromatic carbocycles. The van der Waals surface area contributed by atoms with Gasteiger partial charge < -0.3 is 19.5 Å². The molecular weight excluding hydrogens is 462 g/mol. The van der Waals surface area contributed by atoms with Gasteiger partial charge in [-0.3, -0.25) is 9.59 Å². The second kappa shape index (κ2) is 12.7. The largest absolute Gasteiger partial charge is 0.497 e. The van der Waals surface area contributed by atoms with E-state index in [0.717, 1.165) is 5.56 Å². The predicted molar refractivity (Wildman–Crippen MR) is 135 cm³/mol. The Labute approximate surface area is 209 Å². The Morgan fingerprint density at radius 1 is 0.944 bits per heavy atom. The summed E-state index contributed by atoms with van der Waals surface area (Å²) in [6.45, 7) is 3.81. The Morgan fingerprint density at radius 2 is 1.72 bits per heavy atom. The fraction of sp³-hybridized carbons (Fsp3) is 0.185. The standard InChI is InChI=1S/C27H27N3O6/c1-4-35-24-15-19(8-13-23(24)36-27(33)20-9-11-22(34-3)12-10-20)16-29-30-25(31)17-28-26(32)21-7-5-6-18(2)14-21/h5-16H,4,17H2,1-3H3,(H,28,32)(H,30,31)/b29-16-. The molecule has 0 saturated carbocycles. The molecule has 0 unspecified atom stereocenters. The van der Waals surface area contributed by atoms with Crippen LogP contribution >= 0.6 is 0 Å². The second-order valence-electron chi connectivity index (χ2n) is 7.60. The van der Waals surface area contributed by atoms with Gasteiger partial charge in [0.1, 0.15) is 5.75 Å². The van der Waals surface area contributed by atoms with E-state index in [-0.39, 0.29) is 18.2 Å². The third kappa shape index (κ3) is 7.42. The number of ether oxygens (including phenoxy) is 3. The molecule has 0 aromatic heterocycles. The van der Waals surface area contributed by atoms with Crippen molar-refractivity contribution in [2.24, 2.45) is 5.10 Å². The lowest BCUT2D eigenvalue weighted by Gasteiger charge is -2.11. The molecule has 0 spiro atoms. The number of amides is 2. The number of carbonyl (C=O) groups excluding carboxylic acids is 3. The molecule has 0 saturated heterocycles. The first kappa shape index (κ1) is 26.0. The van der Waals surface area contributed by atoms with Crippen molar-refractivity contribution in [1.29, 1.82) is 0 Å². The van der Waals surface area contributed by atoms with Gasteiger partial charge in [0.2, 0.25) is 0 Å².